The van der Waals surface area contributed by atoms with E-state index < -0.39 is 0 Å². The van der Waals surface area contributed by atoms with Gasteiger partial charge < -0.3 is 9.80 Å². The Morgan fingerprint density at radius 1 is 1.13 bits per heavy atom. The molecule has 0 unspecified atom stereocenters. The van der Waals surface area contributed by atoms with E-state index in [1.165, 1.54) is 19.3 Å². The van der Waals surface area contributed by atoms with Crippen molar-refractivity contribution in [3.8, 4) is 0 Å². The van der Waals surface area contributed by atoms with E-state index in [1.807, 2.05) is 0 Å². The van der Waals surface area contributed by atoms with Crippen molar-refractivity contribution in [3.05, 3.63) is 11.8 Å². The van der Waals surface area contributed by atoms with Gasteiger partial charge in [0.15, 0.2) is 5.78 Å². The number of likely N-dealkylation sites (tertiary alicyclic amines) is 2. The predicted octanol–water partition coefficient (Wildman–Crippen LogP) is 1.26. The summed E-state index contributed by atoms with van der Waals surface area (Å²) < 4.78 is 0. The molecule has 0 spiro atoms. The normalized spacial score (nSPS) is 27.4. The molecule has 2 aliphatic heterocycles. The van der Waals surface area contributed by atoms with E-state index in [1.54, 1.807) is 0 Å². The number of carbonyl (C=O) groups is 1. The van der Waals surface area contributed by atoms with Crippen molar-refractivity contribution >= 4 is 5.78 Å². The highest BCUT2D eigenvalue weighted by atomic mass is 16.1. The van der Waals surface area contributed by atoms with Gasteiger partial charge in [-0.1, -0.05) is 0 Å². The van der Waals surface area contributed by atoms with Crippen LogP contribution in [-0.4, -0.2) is 48.8 Å². The van der Waals surface area contributed by atoms with Crippen molar-refractivity contribution in [2.45, 2.75) is 25.7 Å². The maximum absolute atomic E-state index is 11.7. The predicted molar refractivity (Wildman–Crippen MR) is 60.6 cm³/mol. The lowest BCUT2D eigenvalue weighted by molar-refractivity contribution is -0.117. The van der Waals surface area contributed by atoms with Crippen LogP contribution in [0.1, 0.15) is 25.7 Å². The second-order valence-electron chi connectivity index (χ2n) is 4.66. The standard InChI is InChI=1S/C12H20N2O/c1-13-8-5-12(15)11(9-13)10-14-6-3-2-4-7-14/h10H,2-9H2,1H3/b11-10+. The summed E-state index contributed by atoms with van der Waals surface area (Å²) in [5.41, 5.74) is 1.01. The number of likely N-dealkylation sites (N-methyl/N-ethyl adjacent to an activating group) is 1. The van der Waals surface area contributed by atoms with Gasteiger partial charge in [0, 0.05) is 44.4 Å². The lowest BCUT2D eigenvalue weighted by Crippen LogP contribution is -2.34. The zero-order valence-corrected chi connectivity index (χ0v) is 9.54. The van der Waals surface area contributed by atoms with Crippen LogP contribution in [0.15, 0.2) is 11.8 Å². The Balaban J connectivity index is 1.99. The Morgan fingerprint density at radius 3 is 2.60 bits per heavy atom. The first kappa shape index (κ1) is 10.7. The van der Waals surface area contributed by atoms with Crippen LogP contribution in [0.5, 0.6) is 0 Å². The number of hydrogen-bond donors (Lipinski definition) is 0. The molecule has 0 atom stereocenters. The Bertz CT molecular complexity index is 267. The van der Waals surface area contributed by atoms with E-state index in [0.717, 1.165) is 31.8 Å². The minimum Gasteiger partial charge on any atom is -0.377 e. The van der Waals surface area contributed by atoms with E-state index in [-0.39, 0.29) is 0 Å². The summed E-state index contributed by atoms with van der Waals surface area (Å²) in [5, 5.41) is 0. The van der Waals surface area contributed by atoms with Crippen molar-refractivity contribution < 1.29 is 4.79 Å². The monoisotopic (exact) mass is 208 g/mol. The summed E-state index contributed by atoms with van der Waals surface area (Å²) in [7, 11) is 2.08. The van der Waals surface area contributed by atoms with E-state index in [0.29, 0.717) is 12.2 Å². The SMILES string of the molecule is CN1CCC(=O)/C(=C/N2CCCCC2)C1. The van der Waals surface area contributed by atoms with E-state index in [9.17, 15) is 4.79 Å². The maximum atomic E-state index is 11.7. The van der Waals surface area contributed by atoms with Gasteiger partial charge in [0.2, 0.25) is 0 Å². The zero-order valence-electron chi connectivity index (χ0n) is 9.54. The quantitative estimate of drug-likeness (QED) is 0.606. The molecule has 0 aromatic rings. The van der Waals surface area contributed by atoms with Gasteiger partial charge in [-0.05, 0) is 26.3 Å². The van der Waals surface area contributed by atoms with Crippen LogP contribution in [0.25, 0.3) is 0 Å². The highest BCUT2D eigenvalue weighted by Gasteiger charge is 2.19. The fourth-order valence-electron chi connectivity index (χ4n) is 2.29. The zero-order chi connectivity index (χ0) is 10.7. The molecule has 0 bridgehead atoms. The molecule has 0 saturated carbocycles. The largest absolute Gasteiger partial charge is 0.377 e. The Morgan fingerprint density at radius 2 is 1.87 bits per heavy atom. The maximum Gasteiger partial charge on any atom is 0.162 e. The number of piperidine rings is 2. The molecule has 0 radical (unpaired) electrons. The third-order valence-corrected chi connectivity index (χ3v) is 3.25. The van der Waals surface area contributed by atoms with Gasteiger partial charge in [0.05, 0.1) is 0 Å². The third kappa shape index (κ3) is 2.81. The molecular formula is C12H20N2O. The van der Waals surface area contributed by atoms with Gasteiger partial charge >= 0.3 is 0 Å². The second-order valence-corrected chi connectivity index (χ2v) is 4.66. The molecular weight excluding hydrogens is 188 g/mol. The van der Waals surface area contributed by atoms with Crippen molar-refractivity contribution in [2.75, 3.05) is 33.2 Å². The summed E-state index contributed by atoms with van der Waals surface area (Å²) in [4.78, 5) is 16.2. The summed E-state index contributed by atoms with van der Waals surface area (Å²) in [5.74, 6) is 0.346. The highest BCUT2D eigenvalue weighted by Crippen LogP contribution is 2.14. The average molecular weight is 208 g/mol. The lowest BCUT2D eigenvalue weighted by Gasteiger charge is -2.29. The highest BCUT2D eigenvalue weighted by molar-refractivity contribution is 5.96. The second kappa shape index (κ2) is 4.79. The van der Waals surface area contributed by atoms with Crippen molar-refractivity contribution in [1.29, 1.82) is 0 Å². The first-order chi connectivity index (χ1) is 7.25. The molecule has 2 saturated heterocycles. The van der Waals surface area contributed by atoms with Crippen LogP contribution in [0.4, 0.5) is 0 Å². The van der Waals surface area contributed by atoms with Gasteiger partial charge in [-0.15, -0.1) is 0 Å². The summed E-state index contributed by atoms with van der Waals surface area (Å²) in [6.45, 7) is 3.99. The molecule has 2 heterocycles. The van der Waals surface area contributed by atoms with Crippen molar-refractivity contribution in [1.82, 2.24) is 9.80 Å². The van der Waals surface area contributed by atoms with Crippen LogP contribution >= 0.6 is 0 Å². The molecule has 0 aromatic heterocycles. The molecule has 0 amide bonds. The Kier molecular flexibility index (Phi) is 3.41. The third-order valence-electron chi connectivity index (χ3n) is 3.25. The summed E-state index contributed by atoms with van der Waals surface area (Å²) in [6.07, 6.45) is 6.68. The minimum absolute atomic E-state index is 0.346. The van der Waals surface area contributed by atoms with Crippen LogP contribution in [0.2, 0.25) is 0 Å². The molecule has 3 nitrogen and oxygen atoms in total. The topological polar surface area (TPSA) is 23.6 Å². The van der Waals surface area contributed by atoms with Gasteiger partial charge in [-0.25, -0.2) is 0 Å². The summed E-state index contributed by atoms with van der Waals surface area (Å²) >= 11 is 0. The van der Waals surface area contributed by atoms with Gasteiger partial charge in [0.25, 0.3) is 0 Å². The number of carbonyl (C=O) groups excluding carboxylic acids is 1. The molecule has 2 rings (SSSR count). The molecule has 2 aliphatic rings. The first-order valence-electron chi connectivity index (χ1n) is 5.92. The lowest BCUT2D eigenvalue weighted by atomic mass is 10.0. The average Bonchev–Trinajstić information content (AvgIpc) is 2.25. The molecule has 0 aliphatic carbocycles. The van der Waals surface area contributed by atoms with Gasteiger partial charge in [0.1, 0.15) is 0 Å². The van der Waals surface area contributed by atoms with Crippen LogP contribution in [0.3, 0.4) is 0 Å². The molecule has 84 valence electrons. The van der Waals surface area contributed by atoms with Crippen molar-refractivity contribution in [3.63, 3.8) is 0 Å². The first-order valence-corrected chi connectivity index (χ1v) is 5.92. The van der Waals surface area contributed by atoms with E-state index in [2.05, 4.69) is 23.0 Å². The molecule has 15 heavy (non-hydrogen) atoms. The fourth-order valence-corrected chi connectivity index (χ4v) is 2.29. The minimum atomic E-state index is 0.346. The van der Waals surface area contributed by atoms with Gasteiger partial charge in [-0.2, -0.15) is 0 Å². The molecule has 2 fully saturated rings. The molecule has 3 heteroatoms. The molecule has 0 N–H and O–H groups in total. The van der Waals surface area contributed by atoms with E-state index in [4.69, 9.17) is 0 Å². The van der Waals surface area contributed by atoms with Crippen LogP contribution < -0.4 is 0 Å². The summed E-state index contributed by atoms with van der Waals surface area (Å²) in [6, 6.07) is 0. The Labute approximate surface area is 91.7 Å². The van der Waals surface area contributed by atoms with Crippen LogP contribution in [0, 0.1) is 0 Å². The fraction of sp³-hybridized carbons (Fsp3) is 0.750. The number of ketones is 1. The number of Topliss-reactive ketones (excluding diaryl/α,β-unsaturated/α-hetero) is 1. The Hall–Kier alpha value is -0.830. The molecule has 0 aromatic carbocycles. The van der Waals surface area contributed by atoms with Crippen molar-refractivity contribution in [2.24, 2.45) is 0 Å². The number of rotatable bonds is 1. The smallest absolute Gasteiger partial charge is 0.162 e. The van der Waals surface area contributed by atoms with E-state index >= 15 is 0 Å². The number of nitrogens with zero attached hydrogens (tertiary/aromatic N) is 2. The van der Waals surface area contributed by atoms with Crippen LogP contribution in [-0.2, 0) is 4.79 Å². The number of hydrogen-bond acceptors (Lipinski definition) is 3. The van der Waals surface area contributed by atoms with Gasteiger partial charge in [-0.3, -0.25) is 4.79 Å².